The molecule has 0 radical (unpaired) electrons. The second-order valence-corrected chi connectivity index (χ2v) is 7.78. The molecule has 0 bridgehead atoms. The van der Waals surface area contributed by atoms with Gasteiger partial charge in [-0.1, -0.05) is 0 Å². The molecule has 2 saturated heterocycles. The summed E-state index contributed by atoms with van der Waals surface area (Å²) in [5.74, 6) is -2.14. The summed E-state index contributed by atoms with van der Waals surface area (Å²) in [6.07, 6.45) is -7.38. The van der Waals surface area contributed by atoms with Crippen LogP contribution in [0.3, 0.4) is 0 Å². The van der Waals surface area contributed by atoms with Gasteiger partial charge in [0, 0.05) is 13.1 Å². The minimum Gasteiger partial charge on any atom is -0.483 e. The monoisotopic (exact) mass is 474 g/mol. The van der Waals surface area contributed by atoms with Crippen LogP contribution in [0.5, 0.6) is 5.75 Å². The fraction of sp³-hybridized carbons (Fsp3) is 0.650. The summed E-state index contributed by atoms with van der Waals surface area (Å²) in [5.41, 5.74) is -0.412. The van der Waals surface area contributed by atoms with Gasteiger partial charge in [0.1, 0.15) is 5.75 Å². The van der Waals surface area contributed by atoms with Crippen molar-refractivity contribution in [2.75, 3.05) is 32.8 Å². The van der Waals surface area contributed by atoms with E-state index in [9.17, 15) is 31.1 Å². The van der Waals surface area contributed by atoms with Crippen LogP contribution in [0, 0.1) is 5.92 Å². The predicted molar refractivity (Wildman–Crippen MR) is 104 cm³/mol. The highest BCUT2D eigenvalue weighted by Gasteiger charge is 2.42. The van der Waals surface area contributed by atoms with Crippen molar-refractivity contribution in [1.29, 1.82) is 0 Å². The minimum atomic E-state index is -4.50. The molecule has 1 aromatic carbocycles. The lowest BCUT2D eigenvalue weighted by atomic mass is 9.88. The summed E-state index contributed by atoms with van der Waals surface area (Å²) < 4.78 is 83.9. The van der Waals surface area contributed by atoms with Gasteiger partial charge in [-0.2, -0.15) is 26.3 Å². The van der Waals surface area contributed by atoms with E-state index in [1.807, 2.05) is 0 Å². The quantitative estimate of drug-likeness (QED) is 0.639. The summed E-state index contributed by atoms with van der Waals surface area (Å²) >= 11 is 0. The molecule has 0 saturated carbocycles. The maximum atomic E-state index is 13.2. The number of nitrogens with one attached hydrogen (secondary N) is 1. The number of alkyl halides is 6. The number of benzene rings is 1. The van der Waals surface area contributed by atoms with Gasteiger partial charge in [-0.25, -0.2) is 0 Å². The van der Waals surface area contributed by atoms with Gasteiger partial charge < -0.3 is 15.0 Å². The van der Waals surface area contributed by atoms with Crippen LogP contribution in [0.15, 0.2) is 18.2 Å². The zero-order valence-electron chi connectivity index (χ0n) is 16.7. The molecule has 176 valence electrons. The van der Waals surface area contributed by atoms with Crippen LogP contribution in [0.4, 0.5) is 26.3 Å². The minimum absolute atomic E-state index is 0. The molecular weight excluding hydrogens is 450 g/mol. The number of carbonyl (C=O) groups is 1. The SMILES string of the molecule is Cl.O=C(COc1ccc(C(F)(F)F)cc1C1CCNCC1)N1CCCC(C(F)(F)F)C1. The fourth-order valence-electron chi connectivity index (χ4n) is 4.01. The van der Waals surface area contributed by atoms with E-state index in [0.717, 1.165) is 17.0 Å². The Morgan fingerprint density at radius 2 is 1.77 bits per heavy atom. The van der Waals surface area contributed by atoms with E-state index in [1.165, 1.54) is 6.07 Å². The van der Waals surface area contributed by atoms with Crippen molar-refractivity contribution in [3.8, 4) is 5.75 Å². The van der Waals surface area contributed by atoms with Gasteiger partial charge in [0.05, 0.1) is 11.5 Å². The second-order valence-electron chi connectivity index (χ2n) is 7.78. The summed E-state index contributed by atoms with van der Waals surface area (Å²) in [6, 6.07) is 3.14. The Hall–Kier alpha value is -1.68. The summed E-state index contributed by atoms with van der Waals surface area (Å²) in [4.78, 5) is 13.5. The molecule has 31 heavy (non-hydrogen) atoms. The van der Waals surface area contributed by atoms with E-state index >= 15 is 0 Å². The molecule has 4 nitrogen and oxygen atoms in total. The van der Waals surface area contributed by atoms with Crippen LogP contribution in [-0.4, -0.2) is 49.8 Å². The highest BCUT2D eigenvalue weighted by atomic mass is 35.5. The van der Waals surface area contributed by atoms with Gasteiger partial charge in [0.2, 0.25) is 0 Å². The maximum absolute atomic E-state index is 13.2. The number of halogens is 7. The zero-order chi connectivity index (χ0) is 21.9. The lowest BCUT2D eigenvalue weighted by Gasteiger charge is -2.33. The normalized spacial score (nSPS) is 20.8. The first-order chi connectivity index (χ1) is 14.1. The first-order valence-electron chi connectivity index (χ1n) is 9.95. The van der Waals surface area contributed by atoms with Gasteiger partial charge in [-0.3, -0.25) is 4.79 Å². The van der Waals surface area contributed by atoms with Crippen molar-refractivity contribution in [3.05, 3.63) is 29.3 Å². The number of ether oxygens (including phenoxy) is 1. The Labute approximate surface area is 182 Å². The Morgan fingerprint density at radius 3 is 2.39 bits per heavy atom. The smallest absolute Gasteiger partial charge is 0.416 e. The average molecular weight is 475 g/mol. The number of hydrogen-bond acceptors (Lipinski definition) is 3. The van der Waals surface area contributed by atoms with E-state index in [-0.39, 0.29) is 43.5 Å². The Kier molecular flexibility index (Phi) is 8.49. The van der Waals surface area contributed by atoms with Crippen molar-refractivity contribution < 1.29 is 35.9 Å². The van der Waals surface area contributed by atoms with Gasteiger partial charge in [-0.15, -0.1) is 12.4 Å². The van der Waals surface area contributed by atoms with Crippen molar-refractivity contribution in [1.82, 2.24) is 10.2 Å². The molecule has 1 N–H and O–H groups in total. The molecule has 2 fully saturated rings. The number of carbonyl (C=O) groups excluding carboxylic acids is 1. The molecule has 0 spiro atoms. The number of amides is 1. The number of piperidine rings is 2. The first-order valence-corrected chi connectivity index (χ1v) is 9.95. The third kappa shape index (κ3) is 6.65. The van der Waals surface area contributed by atoms with Gasteiger partial charge in [-0.05, 0) is 68.5 Å². The van der Waals surface area contributed by atoms with E-state index in [4.69, 9.17) is 4.74 Å². The van der Waals surface area contributed by atoms with E-state index < -0.39 is 42.9 Å². The first kappa shape index (κ1) is 25.6. The molecule has 3 rings (SSSR count). The molecule has 1 amide bonds. The summed E-state index contributed by atoms with van der Waals surface area (Å²) in [7, 11) is 0. The van der Waals surface area contributed by atoms with Gasteiger partial charge in [0.25, 0.3) is 5.91 Å². The summed E-state index contributed by atoms with van der Waals surface area (Å²) in [5, 5.41) is 3.14. The Balaban J connectivity index is 0.00000341. The van der Waals surface area contributed by atoms with Crippen LogP contribution < -0.4 is 10.1 Å². The standard InChI is InChI=1S/C20H24F6N2O2.ClH/c21-19(22,23)14-3-4-17(16(10-14)13-5-7-27-8-6-13)30-12-18(29)28-9-1-2-15(11-28)20(24,25)26;/h3-4,10,13,15,27H,1-2,5-9,11-12H2;1H. The molecule has 1 aromatic rings. The van der Waals surface area contributed by atoms with E-state index in [2.05, 4.69) is 5.32 Å². The third-order valence-electron chi connectivity index (χ3n) is 5.70. The lowest BCUT2D eigenvalue weighted by molar-refractivity contribution is -0.188. The topological polar surface area (TPSA) is 41.6 Å². The predicted octanol–water partition coefficient (Wildman–Crippen LogP) is 4.77. The van der Waals surface area contributed by atoms with Gasteiger partial charge >= 0.3 is 12.4 Å². The lowest BCUT2D eigenvalue weighted by Crippen LogP contribution is -2.46. The van der Waals surface area contributed by atoms with Gasteiger partial charge in [0.15, 0.2) is 6.61 Å². The Morgan fingerprint density at radius 1 is 1.10 bits per heavy atom. The Bertz CT molecular complexity index is 750. The number of rotatable bonds is 4. The van der Waals surface area contributed by atoms with Crippen molar-refractivity contribution >= 4 is 18.3 Å². The van der Waals surface area contributed by atoms with E-state index in [0.29, 0.717) is 31.5 Å². The van der Waals surface area contributed by atoms with Crippen molar-refractivity contribution in [2.24, 2.45) is 5.92 Å². The van der Waals surface area contributed by atoms with Crippen LogP contribution >= 0.6 is 12.4 Å². The molecule has 2 aliphatic heterocycles. The number of nitrogens with zero attached hydrogens (tertiary/aromatic N) is 1. The molecule has 1 atom stereocenters. The number of hydrogen-bond donors (Lipinski definition) is 1. The van der Waals surface area contributed by atoms with Crippen LogP contribution in [0.1, 0.15) is 42.7 Å². The highest BCUT2D eigenvalue weighted by molar-refractivity contribution is 5.85. The van der Waals surface area contributed by atoms with Crippen molar-refractivity contribution in [2.45, 2.75) is 44.0 Å². The molecule has 11 heteroatoms. The second kappa shape index (κ2) is 10.3. The van der Waals surface area contributed by atoms with E-state index in [1.54, 1.807) is 0 Å². The number of likely N-dealkylation sites (tertiary alicyclic amines) is 1. The van der Waals surface area contributed by atoms with Crippen LogP contribution in [0.2, 0.25) is 0 Å². The fourth-order valence-corrected chi connectivity index (χ4v) is 4.01. The summed E-state index contributed by atoms with van der Waals surface area (Å²) in [6.45, 7) is 0.606. The molecule has 2 aliphatic rings. The zero-order valence-corrected chi connectivity index (χ0v) is 17.5. The third-order valence-corrected chi connectivity index (χ3v) is 5.70. The van der Waals surface area contributed by atoms with Crippen LogP contribution in [-0.2, 0) is 11.0 Å². The molecule has 2 heterocycles. The van der Waals surface area contributed by atoms with Crippen LogP contribution in [0.25, 0.3) is 0 Å². The molecule has 1 unspecified atom stereocenters. The molecule has 0 aliphatic carbocycles. The molecular formula is C20H25ClF6N2O2. The average Bonchev–Trinajstić information content (AvgIpc) is 2.71. The highest BCUT2D eigenvalue weighted by Crippen LogP contribution is 2.38. The van der Waals surface area contributed by atoms with Crippen molar-refractivity contribution in [3.63, 3.8) is 0 Å². The molecule has 0 aromatic heterocycles. The largest absolute Gasteiger partial charge is 0.483 e. The maximum Gasteiger partial charge on any atom is 0.416 e.